The van der Waals surface area contributed by atoms with Gasteiger partial charge in [0.15, 0.2) is 0 Å². The zero-order valence-corrected chi connectivity index (χ0v) is 10.0. The Balaban J connectivity index is 4.30. The van der Waals surface area contributed by atoms with E-state index in [1.165, 1.54) is 4.31 Å². The number of aliphatic hydroxyl groups excluding tert-OH is 1. The van der Waals surface area contributed by atoms with Crippen LogP contribution in [0.3, 0.4) is 0 Å². The van der Waals surface area contributed by atoms with Gasteiger partial charge in [-0.15, -0.1) is 11.6 Å². The van der Waals surface area contributed by atoms with Crippen molar-refractivity contribution in [1.82, 2.24) is 4.31 Å². The fourth-order valence-electron chi connectivity index (χ4n) is 1.06. The van der Waals surface area contributed by atoms with Crippen LogP contribution in [0.1, 0.15) is 19.8 Å². The first-order chi connectivity index (χ1) is 6.58. The number of aliphatic hydroxyl groups is 1. The van der Waals surface area contributed by atoms with Crippen molar-refractivity contribution < 1.29 is 13.5 Å². The van der Waals surface area contributed by atoms with E-state index in [0.29, 0.717) is 6.54 Å². The monoisotopic (exact) mass is 243 g/mol. The minimum atomic E-state index is -3.27. The smallest absolute Gasteiger partial charge is 0.215 e. The van der Waals surface area contributed by atoms with E-state index in [1.54, 1.807) is 0 Å². The van der Waals surface area contributed by atoms with Gasteiger partial charge in [0.25, 0.3) is 0 Å². The molecular formula is C8H18ClNO3S. The van der Waals surface area contributed by atoms with Crippen molar-refractivity contribution in [2.75, 3.05) is 31.3 Å². The predicted molar refractivity (Wildman–Crippen MR) is 58.1 cm³/mol. The molecule has 0 heterocycles. The summed E-state index contributed by atoms with van der Waals surface area (Å²) in [4.78, 5) is 0. The van der Waals surface area contributed by atoms with Gasteiger partial charge in [-0.2, -0.15) is 4.31 Å². The molecule has 0 fully saturated rings. The molecule has 86 valence electrons. The Hall–Kier alpha value is 0.160. The van der Waals surface area contributed by atoms with Gasteiger partial charge in [-0.25, -0.2) is 8.42 Å². The summed E-state index contributed by atoms with van der Waals surface area (Å²) in [5.74, 6) is 0.0364. The maximum atomic E-state index is 11.6. The summed E-state index contributed by atoms with van der Waals surface area (Å²) in [6, 6.07) is 0. The van der Waals surface area contributed by atoms with Crippen molar-refractivity contribution in [3.8, 4) is 0 Å². The van der Waals surface area contributed by atoms with Crippen LogP contribution in [0.25, 0.3) is 0 Å². The van der Waals surface area contributed by atoms with Crippen molar-refractivity contribution in [2.24, 2.45) is 0 Å². The lowest BCUT2D eigenvalue weighted by Crippen LogP contribution is -2.36. The number of rotatable bonds is 8. The molecule has 6 heteroatoms. The molecule has 0 rings (SSSR count). The standard InChI is InChI=1S/C8H18ClNO3S/c1-2-3-5-10(6-7-11)14(12,13)8-4-9/h11H,2-8H2,1H3. The van der Waals surface area contributed by atoms with Gasteiger partial charge in [0.2, 0.25) is 10.0 Å². The second-order valence-electron chi connectivity index (χ2n) is 2.98. The summed E-state index contributed by atoms with van der Waals surface area (Å²) in [7, 11) is -3.27. The number of hydrogen-bond donors (Lipinski definition) is 1. The number of alkyl halides is 1. The van der Waals surface area contributed by atoms with Crippen LogP contribution in [0.15, 0.2) is 0 Å². The van der Waals surface area contributed by atoms with Crippen molar-refractivity contribution in [3.63, 3.8) is 0 Å². The minimum absolute atomic E-state index is 0.0573. The maximum absolute atomic E-state index is 11.6. The van der Waals surface area contributed by atoms with Crippen LogP contribution < -0.4 is 0 Å². The maximum Gasteiger partial charge on any atom is 0.215 e. The zero-order valence-electron chi connectivity index (χ0n) is 8.45. The van der Waals surface area contributed by atoms with Gasteiger partial charge in [-0.05, 0) is 6.42 Å². The summed E-state index contributed by atoms with van der Waals surface area (Å²) in [5, 5.41) is 8.73. The fraction of sp³-hybridized carbons (Fsp3) is 1.00. The van der Waals surface area contributed by atoms with Crippen LogP contribution in [0.5, 0.6) is 0 Å². The van der Waals surface area contributed by atoms with E-state index < -0.39 is 10.0 Å². The zero-order chi connectivity index (χ0) is 11.0. The molecule has 0 aromatic rings. The highest BCUT2D eigenvalue weighted by molar-refractivity contribution is 7.89. The van der Waals surface area contributed by atoms with Crippen molar-refractivity contribution in [2.45, 2.75) is 19.8 Å². The summed E-state index contributed by atoms with van der Waals surface area (Å²) in [6.07, 6.45) is 1.74. The van der Waals surface area contributed by atoms with Crippen LogP contribution in [0.2, 0.25) is 0 Å². The molecule has 0 aromatic heterocycles. The summed E-state index contributed by atoms with van der Waals surface area (Å²) in [6.45, 7) is 2.48. The summed E-state index contributed by atoms with van der Waals surface area (Å²) in [5.41, 5.74) is 0. The Bertz CT molecular complexity index is 231. The van der Waals surface area contributed by atoms with Gasteiger partial charge in [-0.3, -0.25) is 0 Å². The molecule has 0 atom stereocenters. The van der Waals surface area contributed by atoms with Gasteiger partial charge in [0, 0.05) is 19.0 Å². The van der Waals surface area contributed by atoms with E-state index in [2.05, 4.69) is 0 Å². The molecule has 0 aliphatic carbocycles. The summed E-state index contributed by atoms with van der Waals surface area (Å²) >= 11 is 5.40. The molecule has 0 aliphatic rings. The van der Waals surface area contributed by atoms with E-state index in [0.717, 1.165) is 12.8 Å². The van der Waals surface area contributed by atoms with E-state index in [-0.39, 0.29) is 24.8 Å². The highest BCUT2D eigenvalue weighted by atomic mass is 35.5. The van der Waals surface area contributed by atoms with Crippen LogP contribution in [-0.4, -0.2) is 49.2 Å². The quantitative estimate of drug-likeness (QED) is 0.637. The molecule has 1 N–H and O–H groups in total. The molecule has 0 saturated heterocycles. The third-order valence-electron chi connectivity index (χ3n) is 1.84. The molecule has 0 amide bonds. The first kappa shape index (κ1) is 14.2. The van der Waals surface area contributed by atoms with Crippen LogP contribution in [-0.2, 0) is 10.0 Å². The number of halogens is 1. The Morgan fingerprint density at radius 1 is 1.36 bits per heavy atom. The Labute approximate surface area is 90.9 Å². The van der Waals surface area contributed by atoms with E-state index in [4.69, 9.17) is 16.7 Å². The number of sulfonamides is 1. The SMILES string of the molecule is CCCCN(CCO)S(=O)(=O)CCCl. The Kier molecular flexibility index (Phi) is 7.54. The average molecular weight is 244 g/mol. The highest BCUT2D eigenvalue weighted by Crippen LogP contribution is 2.04. The number of hydrogen-bond acceptors (Lipinski definition) is 3. The molecule has 0 bridgehead atoms. The van der Waals surface area contributed by atoms with E-state index in [1.807, 2.05) is 6.92 Å². The molecule has 0 unspecified atom stereocenters. The molecule has 0 saturated carbocycles. The Morgan fingerprint density at radius 2 is 2.00 bits per heavy atom. The van der Waals surface area contributed by atoms with Crippen molar-refractivity contribution >= 4 is 21.6 Å². The molecular weight excluding hydrogens is 226 g/mol. The van der Waals surface area contributed by atoms with Gasteiger partial charge in [0.05, 0.1) is 12.4 Å². The second-order valence-corrected chi connectivity index (χ2v) is 5.45. The highest BCUT2D eigenvalue weighted by Gasteiger charge is 2.19. The number of nitrogens with zero attached hydrogens (tertiary/aromatic N) is 1. The van der Waals surface area contributed by atoms with Gasteiger partial charge in [-0.1, -0.05) is 13.3 Å². The molecule has 0 aromatic carbocycles. The third kappa shape index (κ3) is 5.14. The molecule has 0 spiro atoms. The van der Waals surface area contributed by atoms with E-state index >= 15 is 0 Å². The lowest BCUT2D eigenvalue weighted by atomic mass is 10.3. The fourth-order valence-corrected chi connectivity index (χ4v) is 2.87. The van der Waals surface area contributed by atoms with Gasteiger partial charge < -0.3 is 5.11 Å². The van der Waals surface area contributed by atoms with Crippen LogP contribution in [0, 0.1) is 0 Å². The topological polar surface area (TPSA) is 57.6 Å². The number of unbranched alkanes of at least 4 members (excludes halogenated alkanes) is 1. The molecule has 4 nitrogen and oxygen atoms in total. The molecule has 0 radical (unpaired) electrons. The predicted octanol–water partition coefficient (Wildman–Crippen LogP) is 0.649. The van der Waals surface area contributed by atoms with Gasteiger partial charge in [0.1, 0.15) is 0 Å². The van der Waals surface area contributed by atoms with E-state index in [9.17, 15) is 8.42 Å². The lowest BCUT2D eigenvalue weighted by Gasteiger charge is -2.20. The van der Waals surface area contributed by atoms with Crippen LogP contribution in [0.4, 0.5) is 0 Å². The minimum Gasteiger partial charge on any atom is -0.395 e. The Morgan fingerprint density at radius 3 is 2.43 bits per heavy atom. The van der Waals surface area contributed by atoms with Crippen LogP contribution >= 0.6 is 11.6 Å². The normalized spacial score (nSPS) is 12.3. The molecule has 14 heavy (non-hydrogen) atoms. The van der Waals surface area contributed by atoms with Crippen molar-refractivity contribution in [1.29, 1.82) is 0 Å². The second kappa shape index (κ2) is 7.45. The first-order valence-corrected chi connectivity index (χ1v) is 6.87. The first-order valence-electron chi connectivity index (χ1n) is 4.73. The molecule has 0 aliphatic heterocycles. The lowest BCUT2D eigenvalue weighted by molar-refractivity contribution is 0.252. The summed E-state index contributed by atoms with van der Waals surface area (Å²) < 4.78 is 24.4. The van der Waals surface area contributed by atoms with Crippen molar-refractivity contribution in [3.05, 3.63) is 0 Å². The largest absolute Gasteiger partial charge is 0.395 e. The van der Waals surface area contributed by atoms with Gasteiger partial charge >= 0.3 is 0 Å². The average Bonchev–Trinajstić information content (AvgIpc) is 2.11. The third-order valence-corrected chi connectivity index (χ3v) is 4.12.